The third-order valence-corrected chi connectivity index (χ3v) is 7.11. The molecule has 3 aromatic rings. The smallest absolute Gasteiger partial charge is 0.407 e. The number of methoxy groups -OCH3 is 1. The standard InChI is InChI=1S/C29H37N5O5/c1-29(2,3)39-28(36)34-19-9-7-18(8-10-19)33-27(35)22-14-30-26-24(31-16-32-25(22)26)21-12-11-20(37-4)13-23(21)38-15-17-5-6-17/h11-14,16-19,30H,5-10,15H2,1-4H3,(H,33,35)(H,34,36). The first-order valence-electron chi connectivity index (χ1n) is 13.6. The maximum atomic E-state index is 13.3. The van der Waals surface area contributed by atoms with E-state index in [1.54, 1.807) is 13.3 Å². The molecule has 39 heavy (non-hydrogen) atoms. The number of fused-ring (bicyclic) bond motifs is 1. The van der Waals surface area contributed by atoms with Gasteiger partial charge in [-0.3, -0.25) is 4.79 Å². The lowest BCUT2D eigenvalue weighted by Crippen LogP contribution is -2.45. The number of amides is 2. The first kappa shape index (κ1) is 26.8. The van der Waals surface area contributed by atoms with Crippen LogP contribution in [-0.2, 0) is 4.74 Å². The van der Waals surface area contributed by atoms with Gasteiger partial charge in [-0.1, -0.05) is 0 Å². The molecule has 3 N–H and O–H groups in total. The summed E-state index contributed by atoms with van der Waals surface area (Å²) in [5.74, 6) is 1.81. The number of nitrogens with zero attached hydrogens (tertiary/aromatic N) is 2. The van der Waals surface area contributed by atoms with Crippen LogP contribution in [0, 0.1) is 5.92 Å². The Hall–Kier alpha value is -3.82. The Morgan fingerprint density at radius 1 is 1.03 bits per heavy atom. The molecule has 2 fully saturated rings. The third-order valence-electron chi connectivity index (χ3n) is 7.11. The van der Waals surface area contributed by atoms with Gasteiger partial charge in [-0.2, -0.15) is 0 Å². The summed E-state index contributed by atoms with van der Waals surface area (Å²) in [5, 5.41) is 6.09. The number of aromatic nitrogens is 3. The highest BCUT2D eigenvalue weighted by Crippen LogP contribution is 2.37. The summed E-state index contributed by atoms with van der Waals surface area (Å²) in [6.45, 7) is 6.19. The van der Waals surface area contributed by atoms with Crippen molar-refractivity contribution in [2.75, 3.05) is 13.7 Å². The van der Waals surface area contributed by atoms with E-state index in [1.807, 2.05) is 39.0 Å². The molecule has 2 aliphatic rings. The molecular weight excluding hydrogens is 498 g/mol. The number of carbonyl (C=O) groups is 2. The SMILES string of the molecule is COc1ccc(-c2ncnc3c(C(=O)NC4CCC(NC(=O)OC(C)(C)C)CC4)c[nH]c23)c(OCC2CC2)c1. The van der Waals surface area contributed by atoms with Crippen LogP contribution in [0.1, 0.15) is 69.7 Å². The van der Waals surface area contributed by atoms with Gasteiger partial charge in [0, 0.05) is 29.9 Å². The second-order valence-corrected chi connectivity index (χ2v) is 11.4. The fourth-order valence-corrected chi connectivity index (χ4v) is 4.87. The highest BCUT2D eigenvalue weighted by atomic mass is 16.6. The number of H-pyrrole nitrogens is 1. The van der Waals surface area contributed by atoms with Crippen LogP contribution in [0.15, 0.2) is 30.7 Å². The first-order valence-corrected chi connectivity index (χ1v) is 13.6. The van der Waals surface area contributed by atoms with E-state index in [1.165, 1.54) is 19.2 Å². The van der Waals surface area contributed by atoms with E-state index < -0.39 is 11.7 Å². The fourth-order valence-electron chi connectivity index (χ4n) is 4.87. The Morgan fingerprint density at radius 3 is 2.41 bits per heavy atom. The molecule has 0 aliphatic heterocycles. The van der Waals surface area contributed by atoms with Gasteiger partial charge in [-0.15, -0.1) is 0 Å². The van der Waals surface area contributed by atoms with Gasteiger partial charge in [0.15, 0.2) is 0 Å². The summed E-state index contributed by atoms with van der Waals surface area (Å²) in [6, 6.07) is 5.73. The molecule has 10 nitrogen and oxygen atoms in total. The van der Waals surface area contributed by atoms with Crippen molar-refractivity contribution < 1.29 is 23.8 Å². The summed E-state index contributed by atoms with van der Waals surface area (Å²) in [4.78, 5) is 37.5. The predicted octanol–water partition coefficient (Wildman–Crippen LogP) is 4.99. The number of hydrogen-bond acceptors (Lipinski definition) is 7. The minimum atomic E-state index is -0.531. The van der Waals surface area contributed by atoms with Crippen LogP contribution in [-0.4, -0.2) is 58.4 Å². The van der Waals surface area contributed by atoms with Gasteiger partial charge in [-0.25, -0.2) is 14.8 Å². The van der Waals surface area contributed by atoms with Crippen LogP contribution in [0.2, 0.25) is 0 Å². The average molecular weight is 536 g/mol. The molecule has 2 heterocycles. The molecule has 2 amide bonds. The highest BCUT2D eigenvalue weighted by Gasteiger charge is 2.27. The lowest BCUT2D eigenvalue weighted by atomic mass is 9.91. The highest BCUT2D eigenvalue weighted by molar-refractivity contribution is 6.08. The van der Waals surface area contributed by atoms with E-state index in [2.05, 4.69) is 25.6 Å². The van der Waals surface area contributed by atoms with Crippen molar-refractivity contribution in [1.29, 1.82) is 0 Å². The normalized spacial score (nSPS) is 19.4. The number of carbonyl (C=O) groups excluding carboxylic acids is 2. The summed E-state index contributed by atoms with van der Waals surface area (Å²) in [5.41, 5.74) is 2.65. The van der Waals surface area contributed by atoms with Crippen molar-refractivity contribution in [3.63, 3.8) is 0 Å². The van der Waals surface area contributed by atoms with Crippen molar-refractivity contribution in [3.8, 4) is 22.8 Å². The summed E-state index contributed by atoms with van der Waals surface area (Å²) in [6.07, 6.45) is 8.21. The Labute approximate surface area is 228 Å². The van der Waals surface area contributed by atoms with Gasteiger partial charge in [0.05, 0.1) is 24.8 Å². The minimum absolute atomic E-state index is 0.0180. The predicted molar refractivity (Wildman–Crippen MR) is 147 cm³/mol. The van der Waals surface area contributed by atoms with Gasteiger partial charge < -0.3 is 29.8 Å². The molecule has 2 aliphatic carbocycles. The fraction of sp³-hybridized carbons (Fsp3) is 0.517. The van der Waals surface area contributed by atoms with E-state index in [0.717, 1.165) is 31.2 Å². The number of aromatic amines is 1. The van der Waals surface area contributed by atoms with Crippen LogP contribution >= 0.6 is 0 Å². The minimum Gasteiger partial charge on any atom is -0.497 e. The van der Waals surface area contributed by atoms with E-state index in [9.17, 15) is 9.59 Å². The van der Waals surface area contributed by atoms with E-state index >= 15 is 0 Å². The zero-order valence-corrected chi connectivity index (χ0v) is 23.0. The Morgan fingerprint density at radius 2 is 1.74 bits per heavy atom. The average Bonchev–Trinajstić information content (AvgIpc) is 3.63. The molecule has 0 unspecified atom stereocenters. The van der Waals surface area contributed by atoms with Gasteiger partial charge in [0.1, 0.15) is 34.6 Å². The van der Waals surface area contributed by atoms with Crippen molar-refractivity contribution >= 4 is 23.0 Å². The number of hydrogen-bond donors (Lipinski definition) is 3. The Balaban J connectivity index is 1.27. The zero-order chi connectivity index (χ0) is 27.6. The van der Waals surface area contributed by atoms with Crippen LogP contribution in [0.3, 0.4) is 0 Å². The molecule has 2 aromatic heterocycles. The maximum Gasteiger partial charge on any atom is 0.407 e. The second kappa shape index (κ2) is 11.1. The molecule has 1 aromatic carbocycles. The molecule has 0 bridgehead atoms. The maximum absolute atomic E-state index is 13.3. The van der Waals surface area contributed by atoms with Gasteiger partial charge in [0.25, 0.3) is 5.91 Å². The number of alkyl carbamates (subject to hydrolysis) is 1. The molecule has 0 saturated heterocycles. The van der Waals surface area contributed by atoms with E-state index in [4.69, 9.17) is 14.2 Å². The third kappa shape index (κ3) is 6.61. The van der Waals surface area contributed by atoms with Crippen molar-refractivity contribution in [1.82, 2.24) is 25.6 Å². The number of ether oxygens (including phenoxy) is 3. The van der Waals surface area contributed by atoms with Crippen LogP contribution in [0.5, 0.6) is 11.5 Å². The lowest BCUT2D eigenvalue weighted by molar-refractivity contribution is 0.0488. The number of nitrogens with one attached hydrogen (secondary N) is 3. The van der Waals surface area contributed by atoms with Crippen LogP contribution in [0.25, 0.3) is 22.3 Å². The first-order chi connectivity index (χ1) is 18.7. The van der Waals surface area contributed by atoms with Gasteiger partial charge in [0.2, 0.25) is 0 Å². The quantitative estimate of drug-likeness (QED) is 0.371. The van der Waals surface area contributed by atoms with Crippen LogP contribution < -0.4 is 20.1 Å². The van der Waals surface area contributed by atoms with E-state index in [0.29, 0.717) is 46.3 Å². The Bertz CT molecular complexity index is 1340. The van der Waals surface area contributed by atoms with Gasteiger partial charge >= 0.3 is 6.09 Å². The van der Waals surface area contributed by atoms with Crippen molar-refractivity contribution in [3.05, 3.63) is 36.3 Å². The summed E-state index contributed by atoms with van der Waals surface area (Å²) in [7, 11) is 1.63. The van der Waals surface area contributed by atoms with Crippen molar-refractivity contribution in [2.45, 2.75) is 77.0 Å². The summed E-state index contributed by atoms with van der Waals surface area (Å²) < 4.78 is 16.9. The topological polar surface area (TPSA) is 127 Å². The second-order valence-electron chi connectivity index (χ2n) is 11.4. The number of benzene rings is 1. The number of rotatable bonds is 8. The lowest BCUT2D eigenvalue weighted by Gasteiger charge is -2.30. The molecule has 10 heteroatoms. The molecule has 0 radical (unpaired) electrons. The molecule has 208 valence electrons. The zero-order valence-electron chi connectivity index (χ0n) is 23.0. The molecule has 0 spiro atoms. The molecule has 0 atom stereocenters. The largest absolute Gasteiger partial charge is 0.497 e. The molecule has 5 rings (SSSR count). The monoisotopic (exact) mass is 535 g/mol. The Kier molecular flexibility index (Phi) is 7.63. The summed E-state index contributed by atoms with van der Waals surface area (Å²) >= 11 is 0. The van der Waals surface area contributed by atoms with Crippen LogP contribution in [0.4, 0.5) is 4.79 Å². The van der Waals surface area contributed by atoms with Gasteiger partial charge in [-0.05, 0) is 77.3 Å². The van der Waals surface area contributed by atoms with Crippen molar-refractivity contribution in [2.24, 2.45) is 5.92 Å². The molecule has 2 saturated carbocycles. The molecular formula is C29H37N5O5. The van der Waals surface area contributed by atoms with E-state index in [-0.39, 0.29) is 18.0 Å².